The summed E-state index contributed by atoms with van der Waals surface area (Å²) < 4.78 is 30.1. The molecule has 1 heterocycles. The maximum atomic E-state index is 12.4. The molecule has 1 aliphatic rings. The predicted molar refractivity (Wildman–Crippen MR) is 104 cm³/mol. The molecule has 2 aromatic carbocycles. The first-order valence-electron chi connectivity index (χ1n) is 8.72. The third-order valence-electron chi connectivity index (χ3n) is 4.13. The van der Waals surface area contributed by atoms with E-state index < -0.39 is 46.5 Å². The number of hydrogen-bond donors (Lipinski definition) is 2. The van der Waals surface area contributed by atoms with Crippen molar-refractivity contribution in [2.45, 2.75) is 17.9 Å². The molecular weight excluding hydrogens is 414 g/mol. The summed E-state index contributed by atoms with van der Waals surface area (Å²) in [5, 5.41) is 4.42. The number of hydrogen-bond acceptors (Lipinski definition) is 7. The molecule has 0 bridgehead atoms. The highest BCUT2D eigenvalue weighted by Gasteiger charge is 2.42. The standard InChI is InChI=1S/C19H17N3O7S/c1-12(17(24)21-19(26)20-13-7-3-2-4-8-13)29-16(23)11-22-18(25)14-9-5-6-10-15(14)30(22,27)28/h2-10,12H,11H2,1H3,(H2,20,21,24,26). The SMILES string of the molecule is CC(OC(=O)CN1C(=O)c2ccccc2S1(=O)=O)C(=O)NC(=O)Nc1ccccc1. The van der Waals surface area contributed by atoms with Gasteiger partial charge in [0.2, 0.25) is 0 Å². The molecule has 0 radical (unpaired) electrons. The molecule has 11 heteroatoms. The number of amides is 4. The van der Waals surface area contributed by atoms with Crippen LogP contribution in [0, 0.1) is 0 Å². The van der Waals surface area contributed by atoms with Crippen LogP contribution in [0.2, 0.25) is 0 Å². The lowest BCUT2D eigenvalue weighted by Crippen LogP contribution is -2.43. The Kier molecular flexibility index (Phi) is 5.83. The van der Waals surface area contributed by atoms with Crippen LogP contribution in [-0.2, 0) is 24.3 Å². The number of esters is 1. The molecule has 0 aromatic heterocycles. The lowest BCUT2D eigenvalue weighted by Gasteiger charge is -2.17. The van der Waals surface area contributed by atoms with Gasteiger partial charge in [0, 0.05) is 5.69 Å². The molecule has 2 aromatic rings. The summed E-state index contributed by atoms with van der Waals surface area (Å²) in [6.45, 7) is 0.307. The molecule has 156 valence electrons. The third-order valence-corrected chi connectivity index (χ3v) is 5.92. The lowest BCUT2D eigenvalue weighted by molar-refractivity contribution is -0.154. The van der Waals surface area contributed by atoms with Gasteiger partial charge in [-0.15, -0.1) is 0 Å². The van der Waals surface area contributed by atoms with E-state index in [4.69, 9.17) is 4.74 Å². The van der Waals surface area contributed by atoms with Gasteiger partial charge < -0.3 is 10.1 Å². The average molecular weight is 431 g/mol. The highest BCUT2D eigenvalue weighted by atomic mass is 32.2. The van der Waals surface area contributed by atoms with Crippen molar-refractivity contribution in [3.63, 3.8) is 0 Å². The number of anilines is 1. The fourth-order valence-corrected chi connectivity index (χ4v) is 4.20. The van der Waals surface area contributed by atoms with Gasteiger partial charge in [-0.25, -0.2) is 17.5 Å². The summed E-state index contributed by atoms with van der Waals surface area (Å²) in [6, 6.07) is 13.1. The molecule has 10 nitrogen and oxygen atoms in total. The Morgan fingerprint density at radius 3 is 2.33 bits per heavy atom. The number of nitrogens with zero attached hydrogens (tertiary/aromatic N) is 1. The van der Waals surface area contributed by atoms with Crippen LogP contribution in [0.15, 0.2) is 59.5 Å². The van der Waals surface area contributed by atoms with Gasteiger partial charge in [0.25, 0.3) is 21.8 Å². The molecular formula is C19H17N3O7S. The molecule has 0 fully saturated rings. The van der Waals surface area contributed by atoms with E-state index in [1.807, 2.05) is 5.32 Å². The van der Waals surface area contributed by atoms with Crippen LogP contribution in [0.5, 0.6) is 0 Å². The highest BCUT2D eigenvalue weighted by Crippen LogP contribution is 2.29. The maximum absolute atomic E-state index is 12.4. The zero-order valence-corrected chi connectivity index (χ0v) is 16.5. The van der Waals surface area contributed by atoms with Crippen molar-refractivity contribution < 1.29 is 32.3 Å². The molecule has 2 N–H and O–H groups in total. The number of rotatable bonds is 5. The molecule has 0 aliphatic carbocycles. The summed E-state index contributed by atoms with van der Waals surface area (Å²) in [7, 11) is -4.18. The number of carbonyl (C=O) groups excluding carboxylic acids is 4. The first kappa shape index (κ1) is 21.0. The first-order chi connectivity index (χ1) is 14.2. The zero-order valence-electron chi connectivity index (χ0n) is 15.7. The minimum absolute atomic E-state index is 0.0475. The van der Waals surface area contributed by atoms with Gasteiger partial charge in [-0.3, -0.25) is 19.7 Å². The van der Waals surface area contributed by atoms with E-state index in [0.717, 1.165) is 0 Å². The Morgan fingerprint density at radius 2 is 1.67 bits per heavy atom. The van der Waals surface area contributed by atoms with E-state index in [1.165, 1.54) is 31.2 Å². The fraction of sp³-hybridized carbons (Fsp3) is 0.158. The van der Waals surface area contributed by atoms with E-state index in [1.54, 1.807) is 30.3 Å². The molecule has 0 spiro atoms. The number of benzene rings is 2. The van der Waals surface area contributed by atoms with Crippen LogP contribution in [0.1, 0.15) is 17.3 Å². The molecule has 30 heavy (non-hydrogen) atoms. The predicted octanol–water partition coefficient (Wildman–Crippen LogP) is 1.11. The summed E-state index contributed by atoms with van der Waals surface area (Å²) in [5.74, 6) is -2.90. The van der Waals surface area contributed by atoms with Crippen LogP contribution in [0.25, 0.3) is 0 Å². The summed E-state index contributed by atoms with van der Waals surface area (Å²) in [5.41, 5.74) is 0.401. The largest absolute Gasteiger partial charge is 0.451 e. The molecule has 1 aliphatic heterocycles. The van der Waals surface area contributed by atoms with Gasteiger partial charge in [-0.2, -0.15) is 0 Å². The minimum atomic E-state index is -4.18. The van der Waals surface area contributed by atoms with Crippen LogP contribution in [0.3, 0.4) is 0 Å². The summed E-state index contributed by atoms with van der Waals surface area (Å²) in [4.78, 5) is 48.1. The van der Waals surface area contributed by atoms with Crippen molar-refractivity contribution in [1.29, 1.82) is 0 Å². The van der Waals surface area contributed by atoms with Gasteiger partial charge in [-0.05, 0) is 31.2 Å². The van der Waals surface area contributed by atoms with Crippen LogP contribution in [-0.4, -0.2) is 49.2 Å². The quantitative estimate of drug-likeness (QED) is 0.676. The van der Waals surface area contributed by atoms with Gasteiger partial charge in [0.1, 0.15) is 11.4 Å². The smallest absolute Gasteiger partial charge is 0.327 e. The van der Waals surface area contributed by atoms with E-state index >= 15 is 0 Å². The Balaban J connectivity index is 1.56. The van der Waals surface area contributed by atoms with Crippen molar-refractivity contribution in [2.24, 2.45) is 0 Å². The number of para-hydroxylation sites is 1. The monoisotopic (exact) mass is 431 g/mol. The van der Waals surface area contributed by atoms with Crippen molar-refractivity contribution in [3.05, 3.63) is 60.2 Å². The zero-order chi connectivity index (χ0) is 21.9. The lowest BCUT2D eigenvalue weighted by atomic mass is 10.2. The number of nitrogens with one attached hydrogen (secondary N) is 2. The van der Waals surface area contributed by atoms with Gasteiger partial charge in [0.05, 0.1) is 5.56 Å². The first-order valence-corrected chi connectivity index (χ1v) is 10.2. The summed E-state index contributed by atoms with van der Waals surface area (Å²) >= 11 is 0. The average Bonchev–Trinajstić information content (AvgIpc) is 2.89. The fourth-order valence-electron chi connectivity index (χ4n) is 2.69. The summed E-state index contributed by atoms with van der Waals surface area (Å²) in [6.07, 6.45) is -1.40. The normalized spacial score (nSPS) is 15.1. The number of ether oxygens (including phenoxy) is 1. The highest BCUT2D eigenvalue weighted by molar-refractivity contribution is 7.90. The Labute approximate surface area is 171 Å². The molecule has 0 saturated carbocycles. The van der Waals surface area contributed by atoms with Crippen molar-refractivity contribution in [3.8, 4) is 0 Å². The molecule has 1 atom stereocenters. The molecule has 3 rings (SSSR count). The van der Waals surface area contributed by atoms with Gasteiger partial charge in [0.15, 0.2) is 6.10 Å². The number of sulfonamides is 1. The van der Waals surface area contributed by atoms with E-state index in [2.05, 4.69) is 5.32 Å². The second-order valence-corrected chi connectivity index (χ2v) is 8.09. The van der Waals surface area contributed by atoms with Crippen molar-refractivity contribution in [1.82, 2.24) is 9.62 Å². The van der Waals surface area contributed by atoms with Crippen LogP contribution >= 0.6 is 0 Å². The van der Waals surface area contributed by atoms with Crippen molar-refractivity contribution in [2.75, 3.05) is 11.9 Å². The number of urea groups is 1. The second-order valence-electron chi connectivity index (χ2n) is 6.25. The maximum Gasteiger partial charge on any atom is 0.327 e. The van der Waals surface area contributed by atoms with Crippen molar-refractivity contribution >= 4 is 39.5 Å². The number of imide groups is 1. The van der Waals surface area contributed by atoms with Crippen LogP contribution < -0.4 is 10.6 Å². The number of carbonyl (C=O) groups is 4. The Morgan fingerprint density at radius 1 is 1.03 bits per heavy atom. The second kappa shape index (κ2) is 8.33. The van der Waals surface area contributed by atoms with E-state index in [-0.39, 0.29) is 10.5 Å². The van der Waals surface area contributed by atoms with Gasteiger partial charge >= 0.3 is 12.0 Å². The van der Waals surface area contributed by atoms with E-state index in [9.17, 15) is 27.6 Å². The number of fused-ring (bicyclic) bond motifs is 1. The third kappa shape index (κ3) is 4.30. The Bertz CT molecular complexity index is 1120. The van der Waals surface area contributed by atoms with E-state index in [0.29, 0.717) is 9.99 Å². The molecule has 1 unspecified atom stereocenters. The molecule has 0 saturated heterocycles. The molecule has 4 amide bonds. The van der Waals surface area contributed by atoms with Gasteiger partial charge in [-0.1, -0.05) is 30.3 Å². The van der Waals surface area contributed by atoms with Crippen LogP contribution in [0.4, 0.5) is 10.5 Å². The topological polar surface area (TPSA) is 139 Å². The Hall–Kier alpha value is -3.73. The minimum Gasteiger partial charge on any atom is -0.451 e.